The summed E-state index contributed by atoms with van der Waals surface area (Å²) in [6.07, 6.45) is 5.15. The highest BCUT2D eigenvalue weighted by Crippen LogP contribution is 2.37. The number of hydrogen-bond acceptors (Lipinski definition) is 2. The molecular formula is C17H28N2. The van der Waals surface area contributed by atoms with Crippen LogP contribution < -0.4 is 5.73 Å². The van der Waals surface area contributed by atoms with Crippen LogP contribution in [0.1, 0.15) is 62.6 Å². The van der Waals surface area contributed by atoms with Crippen molar-refractivity contribution in [1.29, 1.82) is 0 Å². The predicted octanol–water partition coefficient (Wildman–Crippen LogP) is 3.68. The third-order valence-corrected chi connectivity index (χ3v) is 5.28. The lowest BCUT2D eigenvalue weighted by Gasteiger charge is -2.41. The lowest BCUT2D eigenvalue weighted by Crippen LogP contribution is -2.49. The monoisotopic (exact) mass is 260 g/mol. The average Bonchev–Trinajstić information content (AvgIpc) is 2.35. The lowest BCUT2D eigenvalue weighted by atomic mass is 9.79. The molecule has 2 nitrogen and oxygen atoms in total. The third kappa shape index (κ3) is 2.70. The number of benzene rings is 1. The number of likely N-dealkylation sites (N-methyl/N-ethyl adjacent to an activating group) is 1. The summed E-state index contributed by atoms with van der Waals surface area (Å²) in [7, 11) is 4.23. The van der Waals surface area contributed by atoms with E-state index in [4.69, 9.17) is 5.73 Å². The fraction of sp³-hybridized carbons (Fsp3) is 0.647. The van der Waals surface area contributed by atoms with Gasteiger partial charge in [-0.3, -0.25) is 0 Å². The van der Waals surface area contributed by atoms with E-state index in [2.05, 4.69) is 57.1 Å². The number of nitrogens with two attached hydrogens (primary N) is 1. The maximum absolute atomic E-state index is 6.52. The summed E-state index contributed by atoms with van der Waals surface area (Å²) in [5.41, 5.74) is 9.27. The molecule has 1 fully saturated rings. The van der Waals surface area contributed by atoms with Gasteiger partial charge in [0.05, 0.1) is 0 Å². The van der Waals surface area contributed by atoms with Gasteiger partial charge in [-0.15, -0.1) is 0 Å². The van der Waals surface area contributed by atoms with Gasteiger partial charge in [-0.2, -0.15) is 0 Å². The summed E-state index contributed by atoms with van der Waals surface area (Å²) in [4.78, 5) is 2.25. The average molecular weight is 260 g/mol. The van der Waals surface area contributed by atoms with Gasteiger partial charge >= 0.3 is 0 Å². The van der Waals surface area contributed by atoms with Crippen LogP contribution in [-0.2, 0) is 0 Å². The summed E-state index contributed by atoms with van der Waals surface area (Å²) < 4.78 is 0. The molecule has 0 saturated heterocycles. The first-order valence-corrected chi connectivity index (χ1v) is 7.52. The van der Waals surface area contributed by atoms with Crippen molar-refractivity contribution in [2.45, 2.75) is 57.0 Å². The molecule has 1 aromatic carbocycles. The summed E-state index contributed by atoms with van der Waals surface area (Å²) in [5.74, 6) is 0.802. The smallest absolute Gasteiger partial charge is 0.0479 e. The van der Waals surface area contributed by atoms with E-state index in [1.807, 2.05) is 0 Å². The van der Waals surface area contributed by atoms with Gasteiger partial charge < -0.3 is 10.6 Å². The van der Waals surface area contributed by atoms with Gasteiger partial charge in [0.2, 0.25) is 0 Å². The van der Waals surface area contributed by atoms with Gasteiger partial charge in [0.25, 0.3) is 0 Å². The van der Waals surface area contributed by atoms with Crippen LogP contribution in [0.5, 0.6) is 0 Å². The molecule has 2 atom stereocenters. The van der Waals surface area contributed by atoms with E-state index in [0.29, 0.717) is 0 Å². The van der Waals surface area contributed by atoms with Gasteiger partial charge in [-0.05, 0) is 57.3 Å². The Hall–Kier alpha value is -0.860. The quantitative estimate of drug-likeness (QED) is 0.875. The van der Waals surface area contributed by atoms with E-state index in [0.717, 1.165) is 12.3 Å². The zero-order valence-corrected chi connectivity index (χ0v) is 12.8. The molecule has 2 rings (SSSR count). The van der Waals surface area contributed by atoms with Crippen LogP contribution in [0, 0.1) is 0 Å². The fourth-order valence-corrected chi connectivity index (χ4v) is 2.89. The minimum atomic E-state index is 0.0119. The topological polar surface area (TPSA) is 29.3 Å². The highest BCUT2D eigenvalue weighted by molar-refractivity contribution is 5.30. The molecule has 19 heavy (non-hydrogen) atoms. The number of rotatable bonds is 5. The molecule has 2 N–H and O–H groups in total. The van der Waals surface area contributed by atoms with Crippen molar-refractivity contribution in [2.75, 3.05) is 14.1 Å². The van der Waals surface area contributed by atoms with E-state index in [9.17, 15) is 0 Å². The number of nitrogens with zero attached hydrogens (tertiary/aromatic N) is 1. The van der Waals surface area contributed by atoms with Gasteiger partial charge in [0.1, 0.15) is 0 Å². The van der Waals surface area contributed by atoms with Crippen LogP contribution in [0.3, 0.4) is 0 Å². The summed E-state index contributed by atoms with van der Waals surface area (Å²) in [6, 6.07) is 9.09. The molecule has 106 valence electrons. The summed E-state index contributed by atoms with van der Waals surface area (Å²) in [5, 5.41) is 0. The normalized spacial score (nSPS) is 20.9. The summed E-state index contributed by atoms with van der Waals surface area (Å²) in [6.45, 7) is 4.46. The molecule has 1 aliphatic rings. The van der Waals surface area contributed by atoms with E-state index < -0.39 is 0 Å². The van der Waals surface area contributed by atoms with Crippen LogP contribution in [0.25, 0.3) is 0 Å². The Morgan fingerprint density at radius 1 is 1.26 bits per heavy atom. The van der Waals surface area contributed by atoms with Crippen molar-refractivity contribution in [3.8, 4) is 0 Å². The molecule has 2 heteroatoms. The van der Waals surface area contributed by atoms with Crippen LogP contribution in [0.4, 0.5) is 0 Å². The predicted molar refractivity (Wildman–Crippen MR) is 82.3 cm³/mol. The lowest BCUT2D eigenvalue weighted by molar-refractivity contribution is 0.132. The first-order chi connectivity index (χ1) is 8.99. The van der Waals surface area contributed by atoms with E-state index in [1.54, 1.807) is 0 Å². The van der Waals surface area contributed by atoms with Crippen molar-refractivity contribution in [3.05, 3.63) is 35.4 Å². The Morgan fingerprint density at radius 2 is 1.84 bits per heavy atom. The molecule has 0 aromatic heterocycles. The Balaban J connectivity index is 2.16. The Labute approximate surface area is 118 Å². The molecule has 2 unspecified atom stereocenters. The highest BCUT2D eigenvalue weighted by Gasteiger charge is 2.33. The second kappa shape index (κ2) is 5.64. The minimum Gasteiger partial charge on any atom is -0.322 e. The molecule has 0 heterocycles. The highest BCUT2D eigenvalue weighted by atomic mass is 15.2. The molecule has 1 aliphatic carbocycles. The van der Waals surface area contributed by atoms with Gasteiger partial charge in [-0.25, -0.2) is 0 Å². The molecule has 0 amide bonds. The Bertz CT molecular complexity index is 406. The van der Waals surface area contributed by atoms with Crippen LogP contribution in [-0.4, -0.2) is 24.5 Å². The molecule has 1 aromatic rings. The Morgan fingerprint density at radius 3 is 2.21 bits per heavy atom. The number of hydrogen-bond donors (Lipinski definition) is 1. The molecule has 0 aliphatic heterocycles. The van der Waals surface area contributed by atoms with E-state index in [1.165, 1.54) is 30.4 Å². The fourth-order valence-electron chi connectivity index (χ4n) is 2.89. The Kier molecular flexibility index (Phi) is 4.32. The van der Waals surface area contributed by atoms with Crippen molar-refractivity contribution in [1.82, 2.24) is 4.90 Å². The zero-order valence-electron chi connectivity index (χ0n) is 12.8. The van der Waals surface area contributed by atoms with Crippen molar-refractivity contribution in [3.63, 3.8) is 0 Å². The first-order valence-electron chi connectivity index (χ1n) is 7.52. The molecule has 0 radical (unpaired) electrons. The largest absolute Gasteiger partial charge is 0.322 e. The third-order valence-electron chi connectivity index (χ3n) is 5.28. The summed E-state index contributed by atoms with van der Waals surface area (Å²) >= 11 is 0. The minimum absolute atomic E-state index is 0.0119. The van der Waals surface area contributed by atoms with Crippen molar-refractivity contribution in [2.24, 2.45) is 5.73 Å². The zero-order chi connectivity index (χ0) is 14.0. The van der Waals surface area contributed by atoms with Gasteiger partial charge in [0.15, 0.2) is 0 Å². The van der Waals surface area contributed by atoms with E-state index in [-0.39, 0.29) is 11.6 Å². The molecular weight excluding hydrogens is 232 g/mol. The SMILES string of the molecule is CCC(C)(C(N)c1ccc(C2CCC2)cc1)N(C)C. The van der Waals surface area contributed by atoms with Gasteiger partial charge in [-0.1, -0.05) is 37.6 Å². The van der Waals surface area contributed by atoms with Crippen LogP contribution in [0.2, 0.25) is 0 Å². The molecule has 1 saturated carbocycles. The first kappa shape index (κ1) is 14.5. The van der Waals surface area contributed by atoms with Crippen molar-refractivity contribution >= 4 is 0 Å². The standard InChI is InChI=1S/C17H28N2/c1-5-17(2,19(3)4)16(18)15-11-9-14(10-12-15)13-7-6-8-13/h9-13,16H,5-8,18H2,1-4H3. The second-order valence-electron chi connectivity index (χ2n) is 6.38. The van der Waals surface area contributed by atoms with Crippen molar-refractivity contribution < 1.29 is 0 Å². The van der Waals surface area contributed by atoms with Gasteiger partial charge in [0, 0.05) is 11.6 Å². The van der Waals surface area contributed by atoms with Crippen LogP contribution >= 0.6 is 0 Å². The van der Waals surface area contributed by atoms with Crippen LogP contribution in [0.15, 0.2) is 24.3 Å². The molecule has 0 bridgehead atoms. The van der Waals surface area contributed by atoms with E-state index >= 15 is 0 Å². The second-order valence-corrected chi connectivity index (χ2v) is 6.38. The molecule has 0 spiro atoms. The maximum atomic E-state index is 6.52. The maximum Gasteiger partial charge on any atom is 0.0479 e.